The monoisotopic (exact) mass is 463 g/mol. The van der Waals surface area contributed by atoms with Crippen molar-refractivity contribution in [3.63, 3.8) is 0 Å². The zero-order valence-corrected chi connectivity index (χ0v) is 18.0. The molecule has 0 aliphatic rings. The Morgan fingerprint density at radius 1 is 0.552 bits per heavy atom. The average Bonchev–Trinajstić information content (AvgIpc) is 2.80. The van der Waals surface area contributed by atoms with Gasteiger partial charge in [-0.15, -0.1) is 0 Å². The first-order chi connectivity index (χ1) is 14.1. The van der Waals surface area contributed by atoms with Crippen molar-refractivity contribution in [2.75, 3.05) is 0 Å². The summed E-state index contributed by atoms with van der Waals surface area (Å²) in [4.78, 5) is 10.9. The van der Waals surface area contributed by atoms with Gasteiger partial charge in [-0.1, -0.05) is 0 Å². The Morgan fingerprint density at radius 3 is 1.17 bits per heavy atom. The van der Waals surface area contributed by atoms with Gasteiger partial charge < -0.3 is 0 Å². The van der Waals surface area contributed by atoms with E-state index in [1.807, 2.05) is 66.7 Å². The van der Waals surface area contributed by atoms with Gasteiger partial charge in [0.15, 0.2) is 0 Å². The molecule has 0 radical (unpaired) electrons. The van der Waals surface area contributed by atoms with Crippen LogP contribution in [0.15, 0.2) is 115 Å². The van der Waals surface area contributed by atoms with Crippen LogP contribution in [0.5, 0.6) is 0 Å². The normalized spacial score (nSPS) is 12.7. The molecule has 4 aromatic carbocycles. The summed E-state index contributed by atoms with van der Waals surface area (Å²) in [6.45, 7) is 0. The number of hydrogen-bond acceptors (Lipinski definition) is 2. The van der Waals surface area contributed by atoms with Gasteiger partial charge in [-0.3, -0.25) is 0 Å². The number of nitro benzene ring substituents is 1. The fourth-order valence-corrected chi connectivity index (χ4v) is 11.4. The fourth-order valence-electron chi connectivity index (χ4n) is 3.87. The number of hydrogen-bond donors (Lipinski definition) is 0. The summed E-state index contributed by atoms with van der Waals surface area (Å²) in [5.74, 6) is 0. The van der Waals surface area contributed by atoms with Crippen LogP contribution in [-0.2, 0) is 0 Å². The van der Waals surface area contributed by atoms with Crippen LogP contribution in [0, 0.1) is 10.1 Å². The van der Waals surface area contributed by atoms with Crippen molar-refractivity contribution in [1.82, 2.24) is 0 Å². The Hall–Kier alpha value is -2.81. The summed E-state index contributed by atoms with van der Waals surface area (Å²) < 4.78 is 0. The van der Waals surface area contributed by atoms with E-state index in [9.17, 15) is 10.1 Å². The van der Waals surface area contributed by atoms with Crippen LogP contribution >= 0.6 is 20.8 Å². The molecule has 4 rings (SSSR count). The summed E-state index contributed by atoms with van der Waals surface area (Å²) in [5, 5.41) is 12.4. The molecule has 0 amide bonds. The molecule has 0 spiro atoms. The standard InChI is InChI=1S/C24H19BrNO2P/c25-29(21-10-4-1-5-11-21,22-12-6-2-7-13-22,23-14-8-3-9-15-23)24-18-16-20(17-19-24)26(27)28/h1-19H. The van der Waals surface area contributed by atoms with Crippen molar-refractivity contribution in [3.05, 3.63) is 125 Å². The van der Waals surface area contributed by atoms with Crippen molar-refractivity contribution < 1.29 is 4.92 Å². The second-order valence-electron chi connectivity index (χ2n) is 6.79. The van der Waals surface area contributed by atoms with Gasteiger partial charge in [0.05, 0.1) is 0 Å². The SMILES string of the molecule is O=[N+]([O-])c1ccc(P(Br)(c2ccccc2)(c2ccccc2)c2ccccc2)cc1. The molecule has 0 aliphatic carbocycles. The van der Waals surface area contributed by atoms with E-state index in [4.69, 9.17) is 0 Å². The van der Waals surface area contributed by atoms with Gasteiger partial charge >= 0.3 is 178 Å². The fraction of sp³-hybridized carbons (Fsp3) is 0. The third kappa shape index (κ3) is 3.00. The van der Waals surface area contributed by atoms with Gasteiger partial charge in [-0.2, -0.15) is 0 Å². The van der Waals surface area contributed by atoms with Gasteiger partial charge in [-0.05, 0) is 0 Å². The van der Waals surface area contributed by atoms with Gasteiger partial charge in [0, 0.05) is 0 Å². The Labute approximate surface area is 177 Å². The van der Waals surface area contributed by atoms with Crippen LogP contribution in [0.1, 0.15) is 0 Å². The number of nitro groups is 1. The first-order valence-electron chi connectivity index (χ1n) is 9.21. The van der Waals surface area contributed by atoms with Crippen LogP contribution in [0.25, 0.3) is 0 Å². The van der Waals surface area contributed by atoms with Gasteiger partial charge in [0.25, 0.3) is 0 Å². The van der Waals surface area contributed by atoms with Gasteiger partial charge in [0.1, 0.15) is 0 Å². The number of rotatable bonds is 5. The van der Waals surface area contributed by atoms with Crippen molar-refractivity contribution >= 4 is 47.7 Å². The number of nitrogens with zero attached hydrogens (tertiary/aromatic N) is 1. The number of non-ortho nitro benzene ring substituents is 1. The Balaban J connectivity index is 2.17. The molecule has 0 fully saturated rings. The van der Waals surface area contributed by atoms with Crippen molar-refractivity contribution in [1.29, 1.82) is 0 Å². The number of halogens is 1. The molecule has 0 N–H and O–H groups in total. The third-order valence-electron chi connectivity index (χ3n) is 5.27. The zero-order valence-electron chi connectivity index (χ0n) is 15.6. The van der Waals surface area contributed by atoms with Crippen LogP contribution in [-0.4, -0.2) is 4.92 Å². The molecule has 0 atom stereocenters. The van der Waals surface area contributed by atoms with Crippen molar-refractivity contribution in [3.8, 4) is 0 Å². The summed E-state index contributed by atoms with van der Waals surface area (Å²) in [6.07, 6.45) is 0. The van der Waals surface area contributed by atoms with Crippen LogP contribution in [0.2, 0.25) is 0 Å². The second kappa shape index (κ2) is 7.55. The molecule has 3 nitrogen and oxygen atoms in total. The predicted molar refractivity (Wildman–Crippen MR) is 127 cm³/mol. The average molecular weight is 464 g/mol. The minimum atomic E-state index is -3.29. The molecule has 4 aromatic rings. The molecule has 0 heterocycles. The summed E-state index contributed by atoms with van der Waals surface area (Å²) in [7, 11) is 0. The summed E-state index contributed by atoms with van der Waals surface area (Å²) in [5.41, 5.74) is 0.0838. The minimum absolute atomic E-state index is 0.0838. The van der Waals surface area contributed by atoms with E-state index in [0.717, 1.165) is 21.2 Å². The molecule has 0 aliphatic heterocycles. The quantitative estimate of drug-likeness (QED) is 0.236. The van der Waals surface area contributed by atoms with E-state index in [1.54, 1.807) is 12.1 Å². The van der Waals surface area contributed by atoms with Gasteiger partial charge in [0.2, 0.25) is 0 Å². The van der Waals surface area contributed by atoms with Crippen molar-refractivity contribution in [2.24, 2.45) is 0 Å². The predicted octanol–water partition coefficient (Wildman–Crippen LogP) is 5.06. The Bertz CT molecular complexity index is 1030. The molecule has 29 heavy (non-hydrogen) atoms. The third-order valence-corrected chi connectivity index (χ3v) is 15.3. The summed E-state index contributed by atoms with van der Waals surface area (Å²) >= 11 is 4.35. The van der Waals surface area contributed by atoms with E-state index in [0.29, 0.717) is 0 Å². The maximum atomic E-state index is 11.3. The molecule has 0 bridgehead atoms. The van der Waals surface area contributed by atoms with E-state index in [2.05, 4.69) is 51.9 Å². The molecule has 5 heteroatoms. The van der Waals surface area contributed by atoms with Gasteiger partial charge in [-0.25, -0.2) is 0 Å². The molecule has 0 saturated heterocycles. The molecule has 0 aromatic heterocycles. The molecule has 0 saturated carbocycles. The number of benzene rings is 4. The Morgan fingerprint density at radius 2 is 0.862 bits per heavy atom. The molecular formula is C24H19BrNO2P. The van der Waals surface area contributed by atoms with Crippen molar-refractivity contribution in [2.45, 2.75) is 0 Å². The van der Waals surface area contributed by atoms with E-state index in [1.165, 1.54) is 0 Å². The summed E-state index contributed by atoms with van der Waals surface area (Å²) in [6, 6.07) is 38.0. The maximum absolute atomic E-state index is 11.3. The van der Waals surface area contributed by atoms with E-state index < -0.39 is 5.31 Å². The molecule has 0 unspecified atom stereocenters. The first-order valence-corrected chi connectivity index (χ1v) is 13.5. The first kappa shape index (κ1) is 19.5. The van der Waals surface area contributed by atoms with Crippen LogP contribution in [0.3, 0.4) is 0 Å². The molecule has 144 valence electrons. The zero-order chi connectivity index (χ0) is 20.3. The van der Waals surface area contributed by atoms with E-state index >= 15 is 0 Å². The topological polar surface area (TPSA) is 43.1 Å². The Kier molecular flexibility index (Phi) is 5.08. The van der Waals surface area contributed by atoms with Crippen LogP contribution < -0.4 is 21.2 Å². The van der Waals surface area contributed by atoms with Crippen LogP contribution in [0.4, 0.5) is 5.69 Å². The van der Waals surface area contributed by atoms with E-state index in [-0.39, 0.29) is 10.6 Å². The molecular weight excluding hydrogens is 445 g/mol. The second-order valence-corrected chi connectivity index (χ2v) is 15.1.